The Morgan fingerprint density at radius 1 is 1.62 bits per heavy atom. The molecule has 1 fully saturated rings. The Morgan fingerprint density at radius 3 is 3.00 bits per heavy atom. The summed E-state index contributed by atoms with van der Waals surface area (Å²) in [5.74, 6) is 0.0481. The third kappa shape index (κ3) is 4.03. The van der Waals surface area contributed by atoms with Gasteiger partial charge in [0.05, 0.1) is 0 Å². The van der Waals surface area contributed by atoms with Gasteiger partial charge in [-0.3, -0.25) is 4.79 Å². The van der Waals surface area contributed by atoms with Crippen molar-refractivity contribution >= 4 is 28.8 Å². The molecule has 0 bridgehead atoms. The maximum atomic E-state index is 11.7. The lowest BCUT2D eigenvalue weighted by atomic mass is 10.1. The average molecular weight is 338 g/mol. The number of ether oxygens (including phenoxy) is 1. The Morgan fingerprint density at radius 2 is 2.38 bits per heavy atom. The number of methoxy groups -OCH3 is 1. The highest BCUT2D eigenvalue weighted by Crippen LogP contribution is 2.17. The minimum atomic E-state index is 0.0481. The van der Waals surface area contributed by atoms with Crippen molar-refractivity contribution in [2.45, 2.75) is 18.9 Å². The van der Waals surface area contributed by atoms with E-state index in [0.717, 1.165) is 39.1 Å². The molecule has 0 aromatic rings. The first-order chi connectivity index (χ1) is 7.69. The lowest BCUT2D eigenvalue weighted by molar-refractivity contribution is -0.129. The Balaban J connectivity index is 2.51. The predicted octanol–water partition coefficient (Wildman–Crippen LogP) is 1.46. The van der Waals surface area contributed by atoms with Gasteiger partial charge in [0.25, 0.3) is 0 Å². The van der Waals surface area contributed by atoms with Crippen LogP contribution in [0.5, 0.6) is 0 Å². The summed E-state index contributed by atoms with van der Waals surface area (Å²) in [7, 11) is 1.71. The molecular weight excluding hydrogens is 319 g/mol. The number of carbonyl (C=O) groups is 1. The molecule has 1 rings (SSSR count). The van der Waals surface area contributed by atoms with E-state index in [9.17, 15) is 4.79 Å². The molecule has 0 spiro atoms. The average Bonchev–Trinajstić information content (AvgIpc) is 2.29. The van der Waals surface area contributed by atoms with Crippen LogP contribution >= 0.6 is 22.9 Å². The number of carbonyl (C=O) groups excluding carboxylic acids is 1. The largest absolute Gasteiger partial charge is 0.385 e. The molecule has 16 heavy (non-hydrogen) atoms. The van der Waals surface area contributed by atoms with E-state index in [1.54, 1.807) is 7.11 Å². The fourth-order valence-electron chi connectivity index (χ4n) is 1.94. The third-order valence-corrected chi connectivity index (χ3v) is 3.65. The van der Waals surface area contributed by atoms with Crippen LogP contribution in [0.25, 0.3) is 0 Å². The van der Waals surface area contributed by atoms with Crippen molar-refractivity contribution in [3.8, 4) is 0 Å². The minimum Gasteiger partial charge on any atom is -0.385 e. The van der Waals surface area contributed by atoms with Crippen molar-refractivity contribution in [1.29, 1.82) is 0 Å². The molecule has 1 atom stereocenters. The van der Waals surface area contributed by atoms with Gasteiger partial charge in [-0.15, -0.1) is 0 Å². The number of nitrogens with zero attached hydrogens (tertiary/aromatic N) is 2. The second-order valence-electron chi connectivity index (χ2n) is 3.89. The van der Waals surface area contributed by atoms with E-state index in [4.69, 9.17) is 4.74 Å². The minimum absolute atomic E-state index is 0.0481. The van der Waals surface area contributed by atoms with Gasteiger partial charge >= 0.3 is 0 Å². The summed E-state index contributed by atoms with van der Waals surface area (Å²) < 4.78 is 7.28. The van der Waals surface area contributed by atoms with E-state index in [1.165, 1.54) is 6.08 Å². The van der Waals surface area contributed by atoms with E-state index < -0.39 is 0 Å². The van der Waals surface area contributed by atoms with Gasteiger partial charge in [-0.1, -0.05) is 6.58 Å². The molecule has 1 saturated heterocycles. The molecule has 0 aliphatic carbocycles. The molecule has 5 heteroatoms. The van der Waals surface area contributed by atoms with Crippen LogP contribution in [0.3, 0.4) is 0 Å². The normalized spacial score (nSPS) is 22.1. The second kappa shape index (κ2) is 7.24. The first-order valence-corrected chi connectivity index (χ1v) is 6.48. The van der Waals surface area contributed by atoms with Crippen LogP contribution in [-0.2, 0) is 9.53 Å². The van der Waals surface area contributed by atoms with Crippen molar-refractivity contribution in [2.75, 3.05) is 33.4 Å². The predicted molar refractivity (Wildman–Crippen MR) is 72.4 cm³/mol. The van der Waals surface area contributed by atoms with Crippen LogP contribution in [0.4, 0.5) is 0 Å². The molecule has 4 nitrogen and oxygen atoms in total. The summed E-state index contributed by atoms with van der Waals surface area (Å²) in [4.78, 5) is 13.6. The first-order valence-electron chi connectivity index (χ1n) is 5.51. The van der Waals surface area contributed by atoms with Crippen LogP contribution in [0, 0.1) is 0 Å². The Hall–Kier alpha value is -0.140. The van der Waals surface area contributed by atoms with Gasteiger partial charge in [-0.2, -0.15) is 0 Å². The Kier molecular flexibility index (Phi) is 6.30. The summed E-state index contributed by atoms with van der Waals surface area (Å²) in [5, 5.41) is 0. The highest BCUT2D eigenvalue weighted by Gasteiger charge is 2.27. The molecule has 0 aromatic carbocycles. The zero-order chi connectivity index (χ0) is 12.0. The molecular formula is C11H19IN2O2. The van der Waals surface area contributed by atoms with Crippen LogP contribution in [0.1, 0.15) is 12.8 Å². The smallest absolute Gasteiger partial charge is 0.246 e. The van der Waals surface area contributed by atoms with Crippen LogP contribution < -0.4 is 0 Å². The maximum absolute atomic E-state index is 11.7. The van der Waals surface area contributed by atoms with E-state index in [2.05, 4.69) is 32.6 Å². The van der Waals surface area contributed by atoms with Gasteiger partial charge in [0.15, 0.2) is 0 Å². The fourth-order valence-corrected chi connectivity index (χ4v) is 2.61. The highest BCUT2D eigenvalue weighted by atomic mass is 127. The van der Waals surface area contributed by atoms with Crippen LogP contribution in [-0.4, -0.2) is 53.3 Å². The molecule has 1 heterocycles. The zero-order valence-corrected chi connectivity index (χ0v) is 11.9. The summed E-state index contributed by atoms with van der Waals surface area (Å²) in [6.07, 6.45) is 3.39. The molecule has 1 unspecified atom stereocenters. The molecule has 0 saturated carbocycles. The van der Waals surface area contributed by atoms with E-state index in [1.807, 2.05) is 4.90 Å². The number of hydrogen-bond donors (Lipinski definition) is 0. The van der Waals surface area contributed by atoms with E-state index in [0.29, 0.717) is 6.04 Å². The molecule has 0 radical (unpaired) electrons. The van der Waals surface area contributed by atoms with Crippen molar-refractivity contribution in [2.24, 2.45) is 0 Å². The molecule has 92 valence electrons. The number of amides is 1. The number of rotatable bonds is 5. The maximum Gasteiger partial charge on any atom is 0.246 e. The Bertz CT molecular complexity index is 248. The summed E-state index contributed by atoms with van der Waals surface area (Å²) >= 11 is 2.32. The number of halogens is 1. The van der Waals surface area contributed by atoms with Crippen LogP contribution in [0.15, 0.2) is 12.7 Å². The van der Waals surface area contributed by atoms with Crippen molar-refractivity contribution in [3.05, 3.63) is 12.7 Å². The van der Waals surface area contributed by atoms with Gasteiger partial charge < -0.3 is 9.64 Å². The third-order valence-electron chi connectivity index (χ3n) is 2.78. The first kappa shape index (κ1) is 13.9. The van der Waals surface area contributed by atoms with Crippen molar-refractivity contribution in [3.63, 3.8) is 0 Å². The topological polar surface area (TPSA) is 32.8 Å². The quantitative estimate of drug-likeness (QED) is 0.329. The summed E-state index contributed by atoms with van der Waals surface area (Å²) in [6.45, 7) is 6.98. The highest BCUT2D eigenvalue weighted by molar-refractivity contribution is 14.1. The molecule has 0 aromatic heterocycles. The standard InChI is InChI=1S/C11H19IN2O2/c1-3-11(15)14-7-6-13(12)9-10(14)5-4-8-16-2/h3,10H,1,4-9H2,2H3. The molecule has 1 aliphatic rings. The van der Waals surface area contributed by atoms with E-state index >= 15 is 0 Å². The Labute approximate surface area is 111 Å². The monoisotopic (exact) mass is 338 g/mol. The van der Waals surface area contributed by atoms with Gasteiger partial charge in [-0.05, 0) is 18.9 Å². The van der Waals surface area contributed by atoms with Gasteiger partial charge in [0.1, 0.15) is 0 Å². The fraction of sp³-hybridized carbons (Fsp3) is 0.727. The second-order valence-corrected chi connectivity index (χ2v) is 5.26. The number of hydrogen-bond acceptors (Lipinski definition) is 3. The SMILES string of the molecule is C=CC(=O)N1CCN(I)CC1CCCOC. The summed E-state index contributed by atoms with van der Waals surface area (Å²) in [5.41, 5.74) is 0. The molecule has 1 aliphatic heterocycles. The molecule has 0 N–H and O–H groups in total. The van der Waals surface area contributed by atoms with Crippen LogP contribution in [0.2, 0.25) is 0 Å². The van der Waals surface area contributed by atoms with Crippen molar-refractivity contribution < 1.29 is 9.53 Å². The lowest BCUT2D eigenvalue weighted by Gasteiger charge is -2.38. The van der Waals surface area contributed by atoms with Gasteiger partial charge in [0.2, 0.25) is 5.91 Å². The van der Waals surface area contributed by atoms with Crippen molar-refractivity contribution in [1.82, 2.24) is 8.01 Å². The van der Waals surface area contributed by atoms with Gasteiger partial charge in [0, 0.05) is 62.3 Å². The van der Waals surface area contributed by atoms with E-state index in [-0.39, 0.29) is 5.91 Å². The summed E-state index contributed by atoms with van der Waals surface area (Å²) in [6, 6.07) is 0.297. The molecule has 1 amide bonds. The van der Waals surface area contributed by atoms with Gasteiger partial charge in [-0.25, -0.2) is 3.11 Å². The number of piperazine rings is 1. The zero-order valence-electron chi connectivity index (χ0n) is 9.69. The lowest BCUT2D eigenvalue weighted by Crippen LogP contribution is -2.52.